The number of oxime groups is 1. The van der Waals surface area contributed by atoms with Gasteiger partial charge < -0.3 is 9.94 Å². The van der Waals surface area contributed by atoms with Gasteiger partial charge >= 0.3 is 5.97 Å². The summed E-state index contributed by atoms with van der Waals surface area (Å²) in [4.78, 5) is 20.2. The molecule has 0 amide bonds. The van der Waals surface area contributed by atoms with E-state index >= 15 is 0 Å². The average Bonchev–Trinajstić information content (AvgIpc) is 3.37. The number of carboxylic acid groups (broad SMARTS) is 1. The smallest absolute Gasteiger partial charge is 0.309 e. The zero-order valence-corrected chi connectivity index (χ0v) is 18.8. The van der Waals surface area contributed by atoms with Crippen molar-refractivity contribution in [3.05, 3.63) is 53.1 Å². The van der Waals surface area contributed by atoms with E-state index in [9.17, 15) is 14.3 Å². The lowest BCUT2D eigenvalue weighted by Gasteiger charge is -2.39. The zero-order chi connectivity index (χ0) is 22.7. The number of likely N-dealkylation sites (tertiary alicyclic amines) is 1. The SMILES string of the molecule is CCCn1ncc(CN2CCC(C[C@@H]3CC(c4cccc(F)c4)=NO3)(C(=O)O)CC2)c1C. The van der Waals surface area contributed by atoms with Gasteiger partial charge in [-0.3, -0.25) is 14.4 Å². The van der Waals surface area contributed by atoms with Crippen LogP contribution < -0.4 is 0 Å². The summed E-state index contributed by atoms with van der Waals surface area (Å²) in [6.07, 6.45) is 4.72. The summed E-state index contributed by atoms with van der Waals surface area (Å²) in [5.74, 6) is -1.09. The molecule has 32 heavy (non-hydrogen) atoms. The van der Waals surface area contributed by atoms with Gasteiger partial charge in [-0.1, -0.05) is 24.2 Å². The van der Waals surface area contributed by atoms with Gasteiger partial charge in [0.2, 0.25) is 0 Å². The second kappa shape index (κ2) is 9.40. The van der Waals surface area contributed by atoms with Crippen LogP contribution in [0, 0.1) is 18.2 Å². The standard InChI is InChI=1S/C24H31FN4O3/c1-3-9-29-17(2)19(15-26-29)16-28-10-7-24(8-11-28,23(30)31)14-21-13-22(27-32-21)18-5-4-6-20(25)12-18/h4-6,12,15,21H,3,7-11,13-14,16H2,1-2H3,(H,30,31)/t21-/m0/s1. The van der Waals surface area contributed by atoms with Gasteiger partial charge in [-0.15, -0.1) is 0 Å². The topological polar surface area (TPSA) is 80.0 Å². The highest BCUT2D eigenvalue weighted by molar-refractivity contribution is 6.01. The molecule has 2 aliphatic rings. The van der Waals surface area contributed by atoms with E-state index < -0.39 is 11.4 Å². The van der Waals surface area contributed by atoms with Crippen molar-refractivity contribution in [1.29, 1.82) is 0 Å². The molecule has 1 atom stereocenters. The summed E-state index contributed by atoms with van der Waals surface area (Å²) in [5.41, 5.74) is 2.92. The summed E-state index contributed by atoms with van der Waals surface area (Å²) < 4.78 is 15.6. The molecular weight excluding hydrogens is 411 g/mol. The van der Waals surface area contributed by atoms with Crippen LogP contribution in [0.25, 0.3) is 0 Å². The van der Waals surface area contributed by atoms with E-state index in [2.05, 4.69) is 29.0 Å². The van der Waals surface area contributed by atoms with Crippen molar-refractivity contribution in [2.24, 2.45) is 10.6 Å². The summed E-state index contributed by atoms with van der Waals surface area (Å²) in [6.45, 7) is 7.37. The normalized spacial score (nSPS) is 20.7. The molecular formula is C24H31FN4O3. The van der Waals surface area contributed by atoms with Crippen molar-refractivity contribution in [1.82, 2.24) is 14.7 Å². The zero-order valence-electron chi connectivity index (χ0n) is 18.8. The molecule has 1 fully saturated rings. The van der Waals surface area contributed by atoms with Gasteiger partial charge in [0.1, 0.15) is 11.9 Å². The number of benzene rings is 1. The Hall–Kier alpha value is -2.74. The monoisotopic (exact) mass is 442 g/mol. The quantitative estimate of drug-likeness (QED) is 0.669. The van der Waals surface area contributed by atoms with E-state index in [1.54, 1.807) is 12.1 Å². The molecule has 1 saturated heterocycles. The molecule has 0 unspecified atom stereocenters. The van der Waals surface area contributed by atoms with Gasteiger partial charge in [-0.25, -0.2) is 4.39 Å². The maximum atomic E-state index is 13.5. The van der Waals surface area contributed by atoms with E-state index in [1.165, 1.54) is 23.4 Å². The third kappa shape index (κ3) is 4.70. The first-order chi connectivity index (χ1) is 15.4. The minimum Gasteiger partial charge on any atom is -0.481 e. The first-order valence-corrected chi connectivity index (χ1v) is 11.4. The number of aliphatic carboxylic acids is 1. The van der Waals surface area contributed by atoms with Crippen molar-refractivity contribution in [3.63, 3.8) is 0 Å². The Morgan fingerprint density at radius 3 is 2.81 bits per heavy atom. The van der Waals surface area contributed by atoms with Crippen molar-refractivity contribution in [2.45, 2.75) is 65.1 Å². The molecule has 0 spiro atoms. The maximum absolute atomic E-state index is 13.5. The van der Waals surface area contributed by atoms with Crippen LogP contribution >= 0.6 is 0 Å². The maximum Gasteiger partial charge on any atom is 0.309 e. The van der Waals surface area contributed by atoms with Crippen molar-refractivity contribution in [2.75, 3.05) is 13.1 Å². The summed E-state index contributed by atoms with van der Waals surface area (Å²) >= 11 is 0. The summed E-state index contributed by atoms with van der Waals surface area (Å²) in [5, 5.41) is 18.7. The fourth-order valence-electron chi connectivity index (χ4n) is 4.78. The van der Waals surface area contributed by atoms with Crippen molar-refractivity contribution >= 4 is 11.7 Å². The van der Waals surface area contributed by atoms with Gasteiger partial charge in [-0.05, 0) is 51.4 Å². The van der Waals surface area contributed by atoms with E-state index in [0.717, 1.165) is 32.6 Å². The molecule has 8 heteroatoms. The van der Waals surface area contributed by atoms with Gasteiger partial charge in [0.05, 0.1) is 17.3 Å². The molecule has 0 saturated carbocycles. The number of carbonyl (C=O) groups is 1. The third-order valence-electron chi connectivity index (χ3n) is 6.81. The Kier molecular flexibility index (Phi) is 6.60. The van der Waals surface area contributed by atoms with Gasteiger partial charge in [0.25, 0.3) is 0 Å². The molecule has 2 aromatic rings. The van der Waals surface area contributed by atoms with E-state index in [4.69, 9.17) is 4.84 Å². The number of carboxylic acids is 1. The fraction of sp³-hybridized carbons (Fsp3) is 0.542. The number of aromatic nitrogens is 2. The Morgan fingerprint density at radius 2 is 2.12 bits per heavy atom. The Balaban J connectivity index is 1.35. The van der Waals surface area contributed by atoms with Gasteiger partial charge in [0, 0.05) is 42.8 Å². The second-order valence-corrected chi connectivity index (χ2v) is 9.02. The van der Waals surface area contributed by atoms with Crippen LogP contribution in [-0.4, -0.2) is 50.7 Å². The van der Waals surface area contributed by atoms with Crippen LogP contribution in [0.5, 0.6) is 0 Å². The van der Waals surface area contributed by atoms with Crippen LogP contribution in [0.4, 0.5) is 4.39 Å². The van der Waals surface area contributed by atoms with E-state index in [-0.39, 0.29) is 11.9 Å². The molecule has 0 radical (unpaired) electrons. The minimum absolute atomic E-state index is 0.301. The molecule has 0 bridgehead atoms. The van der Waals surface area contributed by atoms with Gasteiger partial charge in [-0.2, -0.15) is 5.10 Å². The van der Waals surface area contributed by atoms with Crippen LogP contribution in [0.1, 0.15) is 55.8 Å². The Morgan fingerprint density at radius 1 is 1.34 bits per heavy atom. The highest BCUT2D eigenvalue weighted by atomic mass is 19.1. The first kappa shape index (κ1) is 22.5. The number of halogens is 1. The number of rotatable bonds is 8. The molecule has 7 nitrogen and oxygen atoms in total. The molecule has 1 aromatic carbocycles. The second-order valence-electron chi connectivity index (χ2n) is 9.02. The minimum atomic E-state index is -0.824. The number of aryl methyl sites for hydroxylation is 1. The molecule has 4 rings (SSSR count). The van der Waals surface area contributed by atoms with Crippen molar-refractivity contribution < 1.29 is 19.1 Å². The highest BCUT2D eigenvalue weighted by Crippen LogP contribution is 2.39. The summed E-state index contributed by atoms with van der Waals surface area (Å²) in [6, 6.07) is 6.26. The largest absolute Gasteiger partial charge is 0.481 e. The predicted octanol–water partition coefficient (Wildman–Crippen LogP) is 3.99. The molecule has 3 heterocycles. The van der Waals surface area contributed by atoms with E-state index in [1.807, 2.05) is 10.9 Å². The highest BCUT2D eigenvalue weighted by Gasteiger charge is 2.45. The van der Waals surface area contributed by atoms with Crippen LogP contribution in [0.2, 0.25) is 0 Å². The third-order valence-corrected chi connectivity index (χ3v) is 6.81. The van der Waals surface area contributed by atoms with Crippen molar-refractivity contribution in [3.8, 4) is 0 Å². The average molecular weight is 443 g/mol. The van der Waals surface area contributed by atoms with E-state index in [0.29, 0.717) is 37.0 Å². The summed E-state index contributed by atoms with van der Waals surface area (Å²) in [7, 11) is 0. The van der Waals surface area contributed by atoms with Crippen LogP contribution in [0.15, 0.2) is 35.6 Å². The lowest BCUT2D eigenvalue weighted by Crippen LogP contribution is -2.45. The predicted molar refractivity (Wildman–Crippen MR) is 119 cm³/mol. The van der Waals surface area contributed by atoms with Crippen LogP contribution in [-0.2, 0) is 22.7 Å². The molecule has 2 aliphatic heterocycles. The molecule has 1 N–H and O–H groups in total. The molecule has 172 valence electrons. The van der Waals surface area contributed by atoms with Gasteiger partial charge in [0.15, 0.2) is 0 Å². The van der Waals surface area contributed by atoms with Crippen LogP contribution in [0.3, 0.4) is 0 Å². The lowest BCUT2D eigenvalue weighted by atomic mass is 9.73. The number of hydrogen-bond donors (Lipinski definition) is 1. The number of piperidine rings is 1. The fourth-order valence-corrected chi connectivity index (χ4v) is 4.78. The Labute approximate surface area is 187 Å². The Bertz CT molecular complexity index is 995. The first-order valence-electron chi connectivity index (χ1n) is 11.4. The lowest BCUT2D eigenvalue weighted by molar-refractivity contribution is -0.155. The molecule has 1 aromatic heterocycles. The number of nitrogens with zero attached hydrogens (tertiary/aromatic N) is 4. The number of hydrogen-bond acceptors (Lipinski definition) is 5. The molecule has 0 aliphatic carbocycles.